The van der Waals surface area contributed by atoms with Gasteiger partial charge in [0.25, 0.3) is 0 Å². The SMILES string of the molecule is COc1ccc(C(C)NC(C)C(C)OC)cc1F. The summed E-state index contributed by atoms with van der Waals surface area (Å²) in [7, 11) is 3.14. The highest BCUT2D eigenvalue weighted by Crippen LogP contribution is 2.22. The molecule has 18 heavy (non-hydrogen) atoms. The smallest absolute Gasteiger partial charge is 0.165 e. The van der Waals surface area contributed by atoms with Gasteiger partial charge in [-0.05, 0) is 38.5 Å². The number of nitrogens with one attached hydrogen (secondary N) is 1. The van der Waals surface area contributed by atoms with Gasteiger partial charge in [-0.15, -0.1) is 0 Å². The summed E-state index contributed by atoms with van der Waals surface area (Å²) in [6, 6.07) is 5.26. The minimum absolute atomic E-state index is 0.0537. The molecule has 1 aromatic carbocycles. The first-order chi connectivity index (χ1) is 8.49. The second-order valence-corrected chi connectivity index (χ2v) is 4.51. The minimum atomic E-state index is -0.337. The molecule has 0 aliphatic heterocycles. The van der Waals surface area contributed by atoms with Crippen LogP contribution in [-0.2, 0) is 4.74 Å². The maximum absolute atomic E-state index is 13.6. The molecule has 3 atom stereocenters. The molecule has 0 bridgehead atoms. The molecule has 0 spiro atoms. The Morgan fingerprint density at radius 1 is 1.17 bits per heavy atom. The number of ether oxygens (including phenoxy) is 2. The fourth-order valence-electron chi connectivity index (χ4n) is 1.78. The van der Waals surface area contributed by atoms with Crippen LogP contribution >= 0.6 is 0 Å². The van der Waals surface area contributed by atoms with Gasteiger partial charge in [-0.25, -0.2) is 4.39 Å². The first kappa shape index (κ1) is 14.9. The van der Waals surface area contributed by atoms with Gasteiger partial charge in [0.15, 0.2) is 11.6 Å². The zero-order valence-corrected chi connectivity index (χ0v) is 11.7. The number of halogens is 1. The fraction of sp³-hybridized carbons (Fsp3) is 0.571. The van der Waals surface area contributed by atoms with E-state index in [0.29, 0.717) is 0 Å². The number of rotatable bonds is 6. The van der Waals surface area contributed by atoms with E-state index < -0.39 is 0 Å². The molecule has 3 nitrogen and oxygen atoms in total. The van der Waals surface area contributed by atoms with Crippen LogP contribution in [0, 0.1) is 5.82 Å². The Labute approximate surface area is 108 Å². The van der Waals surface area contributed by atoms with Crippen molar-refractivity contribution in [1.82, 2.24) is 5.32 Å². The predicted octanol–water partition coefficient (Wildman–Crippen LogP) is 2.91. The molecule has 4 heteroatoms. The topological polar surface area (TPSA) is 30.5 Å². The fourth-order valence-corrected chi connectivity index (χ4v) is 1.78. The van der Waals surface area contributed by atoms with Crippen LogP contribution in [0.25, 0.3) is 0 Å². The Bertz CT molecular complexity index is 384. The molecule has 1 rings (SSSR count). The third-order valence-corrected chi connectivity index (χ3v) is 3.26. The number of methoxy groups -OCH3 is 2. The molecule has 1 aromatic rings. The molecular formula is C14H22FNO2. The van der Waals surface area contributed by atoms with Gasteiger partial charge < -0.3 is 14.8 Å². The van der Waals surface area contributed by atoms with Crippen LogP contribution in [0.15, 0.2) is 18.2 Å². The lowest BCUT2D eigenvalue weighted by Gasteiger charge is -2.24. The molecule has 0 fully saturated rings. The van der Waals surface area contributed by atoms with E-state index in [1.165, 1.54) is 13.2 Å². The average molecular weight is 255 g/mol. The molecule has 0 aromatic heterocycles. The summed E-state index contributed by atoms with van der Waals surface area (Å²) in [5, 5.41) is 3.38. The van der Waals surface area contributed by atoms with Gasteiger partial charge in [-0.1, -0.05) is 6.07 Å². The van der Waals surface area contributed by atoms with Gasteiger partial charge in [-0.3, -0.25) is 0 Å². The molecule has 0 radical (unpaired) electrons. The molecule has 0 amide bonds. The van der Waals surface area contributed by atoms with Gasteiger partial charge >= 0.3 is 0 Å². The zero-order chi connectivity index (χ0) is 13.7. The van der Waals surface area contributed by atoms with E-state index >= 15 is 0 Å². The van der Waals surface area contributed by atoms with E-state index in [4.69, 9.17) is 9.47 Å². The number of benzene rings is 1. The lowest BCUT2D eigenvalue weighted by Crippen LogP contribution is -2.38. The quantitative estimate of drug-likeness (QED) is 0.848. The van der Waals surface area contributed by atoms with E-state index in [1.54, 1.807) is 13.2 Å². The third-order valence-electron chi connectivity index (χ3n) is 3.26. The lowest BCUT2D eigenvalue weighted by atomic mass is 10.1. The Kier molecular flexibility index (Phi) is 5.56. The molecular weight excluding hydrogens is 233 g/mol. The van der Waals surface area contributed by atoms with Gasteiger partial charge in [-0.2, -0.15) is 0 Å². The Hall–Kier alpha value is -1.13. The molecule has 1 N–H and O–H groups in total. The van der Waals surface area contributed by atoms with Crippen molar-refractivity contribution in [3.63, 3.8) is 0 Å². The maximum Gasteiger partial charge on any atom is 0.165 e. The molecule has 0 saturated carbocycles. The van der Waals surface area contributed by atoms with Crippen LogP contribution in [0.5, 0.6) is 5.75 Å². The van der Waals surface area contributed by atoms with E-state index in [1.807, 2.05) is 26.8 Å². The summed E-state index contributed by atoms with van der Waals surface area (Å²) in [5.41, 5.74) is 0.892. The predicted molar refractivity (Wildman–Crippen MR) is 70.4 cm³/mol. The van der Waals surface area contributed by atoms with Crippen molar-refractivity contribution in [2.75, 3.05) is 14.2 Å². The van der Waals surface area contributed by atoms with Crippen LogP contribution < -0.4 is 10.1 Å². The monoisotopic (exact) mass is 255 g/mol. The summed E-state index contributed by atoms with van der Waals surface area (Å²) in [5.74, 6) is -0.0691. The molecule has 0 saturated heterocycles. The van der Waals surface area contributed by atoms with Crippen molar-refractivity contribution in [3.8, 4) is 5.75 Å². The zero-order valence-electron chi connectivity index (χ0n) is 11.7. The molecule has 0 aliphatic carbocycles. The second-order valence-electron chi connectivity index (χ2n) is 4.51. The average Bonchev–Trinajstić information content (AvgIpc) is 2.37. The first-order valence-corrected chi connectivity index (χ1v) is 6.11. The number of hydrogen-bond donors (Lipinski definition) is 1. The Morgan fingerprint density at radius 3 is 2.33 bits per heavy atom. The Morgan fingerprint density at radius 2 is 1.83 bits per heavy atom. The highest BCUT2D eigenvalue weighted by molar-refractivity contribution is 5.30. The lowest BCUT2D eigenvalue weighted by molar-refractivity contribution is 0.0852. The van der Waals surface area contributed by atoms with E-state index in [2.05, 4.69) is 5.32 Å². The van der Waals surface area contributed by atoms with Gasteiger partial charge in [0.1, 0.15) is 0 Å². The van der Waals surface area contributed by atoms with Crippen LogP contribution in [-0.4, -0.2) is 26.4 Å². The minimum Gasteiger partial charge on any atom is -0.494 e. The van der Waals surface area contributed by atoms with Crippen molar-refractivity contribution < 1.29 is 13.9 Å². The van der Waals surface area contributed by atoms with Crippen molar-refractivity contribution in [2.24, 2.45) is 0 Å². The van der Waals surface area contributed by atoms with Crippen LogP contribution in [0.1, 0.15) is 32.4 Å². The van der Waals surface area contributed by atoms with Gasteiger partial charge in [0, 0.05) is 19.2 Å². The first-order valence-electron chi connectivity index (χ1n) is 6.11. The highest BCUT2D eigenvalue weighted by Gasteiger charge is 2.16. The molecule has 0 aliphatic rings. The Balaban J connectivity index is 2.72. The third kappa shape index (κ3) is 3.68. The normalized spacial score (nSPS) is 16.1. The molecule has 3 unspecified atom stereocenters. The van der Waals surface area contributed by atoms with Crippen molar-refractivity contribution in [3.05, 3.63) is 29.6 Å². The van der Waals surface area contributed by atoms with Crippen LogP contribution in [0.4, 0.5) is 4.39 Å². The van der Waals surface area contributed by atoms with E-state index in [-0.39, 0.29) is 29.8 Å². The van der Waals surface area contributed by atoms with Crippen LogP contribution in [0.2, 0.25) is 0 Å². The molecule has 0 heterocycles. The number of hydrogen-bond acceptors (Lipinski definition) is 3. The largest absolute Gasteiger partial charge is 0.494 e. The van der Waals surface area contributed by atoms with Gasteiger partial charge in [0.2, 0.25) is 0 Å². The standard InChI is InChI=1S/C14H22FNO2/c1-9(11(3)17-4)16-10(2)12-6-7-14(18-5)13(15)8-12/h6-11,16H,1-5H3. The summed E-state index contributed by atoms with van der Waals surface area (Å²) in [6.07, 6.45) is 0.107. The maximum atomic E-state index is 13.6. The van der Waals surface area contributed by atoms with Crippen molar-refractivity contribution in [1.29, 1.82) is 0 Å². The van der Waals surface area contributed by atoms with Crippen molar-refractivity contribution >= 4 is 0 Å². The summed E-state index contributed by atoms with van der Waals surface area (Å²) in [6.45, 7) is 6.05. The van der Waals surface area contributed by atoms with Crippen LogP contribution in [0.3, 0.4) is 0 Å². The second kappa shape index (κ2) is 6.71. The summed E-state index contributed by atoms with van der Waals surface area (Å²) in [4.78, 5) is 0. The summed E-state index contributed by atoms with van der Waals surface area (Å²) < 4.78 is 23.7. The highest BCUT2D eigenvalue weighted by atomic mass is 19.1. The van der Waals surface area contributed by atoms with Gasteiger partial charge in [0.05, 0.1) is 13.2 Å². The molecule has 102 valence electrons. The summed E-state index contributed by atoms with van der Waals surface area (Å²) >= 11 is 0. The van der Waals surface area contributed by atoms with Crippen molar-refractivity contribution in [2.45, 2.75) is 39.0 Å². The van der Waals surface area contributed by atoms with E-state index in [9.17, 15) is 4.39 Å². The van der Waals surface area contributed by atoms with E-state index in [0.717, 1.165) is 5.56 Å².